The maximum Gasteiger partial charge on any atom is 0.237 e. The molecule has 3 aromatic rings. The number of amides is 1. The summed E-state index contributed by atoms with van der Waals surface area (Å²) in [5.41, 5.74) is 3.97. The van der Waals surface area contributed by atoms with E-state index in [1.807, 2.05) is 74.0 Å². The summed E-state index contributed by atoms with van der Waals surface area (Å²) >= 11 is 7.38. The van der Waals surface area contributed by atoms with E-state index in [4.69, 9.17) is 11.6 Å². The molecule has 3 rings (SSSR count). The van der Waals surface area contributed by atoms with Gasteiger partial charge in [0.1, 0.15) is 0 Å². The minimum Gasteiger partial charge on any atom is -0.325 e. The van der Waals surface area contributed by atoms with Crippen LogP contribution in [-0.2, 0) is 4.79 Å². The smallest absolute Gasteiger partial charge is 0.237 e. The van der Waals surface area contributed by atoms with Gasteiger partial charge in [0.05, 0.1) is 5.25 Å². The van der Waals surface area contributed by atoms with Gasteiger partial charge in [-0.3, -0.25) is 9.36 Å². The summed E-state index contributed by atoms with van der Waals surface area (Å²) in [6, 6.07) is 13.6. The van der Waals surface area contributed by atoms with Crippen LogP contribution in [0.25, 0.3) is 5.69 Å². The molecule has 0 saturated carbocycles. The predicted molar refractivity (Wildman–Crippen MR) is 108 cm³/mol. The van der Waals surface area contributed by atoms with Gasteiger partial charge in [-0.25, -0.2) is 4.98 Å². The van der Waals surface area contributed by atoms with E-state index < -0.39 is 0 Å². The highest BCUT2D eigenvalue weighted by Gasteiger charge is 2.18. The Morgan fingerprint density at radius 3 is 2.65 bits per heavy atom. The zero-order valence-corrected chi connectivity index (χ0v) is 16.4. The molecule has 26 heavy (non-hydrogen) atoms. The van der Waals surface area contributed by atoms with E-state index in [0.717, 1.165) is 27.7 Å². The number of halogens is 1. The molecule has 0 spiro atoms. The van der Waals surface area contributed by atoms with Crippen LogP contribution in [0.5, 0.6) is 0 Å². The molecule has 0 fully saturated rings. The number of nitrogens with one attached hydrogen (secondary N) is 1. The number of rotatable bonds is 5. The maximum absolute atomic E-state index is 12.6. The molecule has 1 amide bonds. The summed E-state index contributed by atoms with van der Waals surface area (Å²) in [6.45, 7) is 5.88. The second-order valence-corrected chi connectivity index (χ2v) is 7.87. The number of thioether (sulfide) groups is 1. The molecular weight excluding hydrogens is 366 g/mol. The Bertz CT molecular complexity index is 921. The van der Waals surface area contributed by atoms with Gasteiger partial charge in [-0.2, -0.15) is 0 Å². The first-order valence-corrected chi connectivity index (χ1v) is 9.54. The summed E-state index contributed by atoms with van der Waals surface area (Å²) in [6.07, 6.45) is 3.60. The molecule has 0 aliphatic rings. The molecule has 0 aliphatic carbocycles. The highest BCUT2D eigenvalue weighted by Crippen LogP contribution is 2.26. The van der Waals surface area contributed by atoms with Gasteiger partial charge in [0.2, 0.25) is 5.91 Å². The minimum atomic E-state index is -0.289. The van der Waals surface area contributed by atoms with Crippen molar-refractivity contribution in [3.05, 3.63) is 71.0 Å². The van der Waals surface area contributed by atoms with E-state index in [0.29, 0.717) is 5.02 Å². The standard InChI is InChI=1S/C20H20ClN3OS/c1-13-4-5-14(2)18(12-13)23-19(25)15(3)26-20-22-10-11-24(20)17-8-6-16(21)7-9-17/h4-12,15H,1-3H3,(H,23,25)/t15-/m1/s1. The molecule has 0 aliphatic heterocycles. The van der Waals surface area contributed by atoms with E-state index in [1.165, 1.54) is 11.8 Å². The van der Waals surface area contributed by atoms with Gasteiger partial charge in [-0.05, 0) is 62.2 Å². The number of hydrogen-bond donors (Lipinski definition) is 1. The molecule has 6 heteroatoms. The van der Waals surface area contributed by atoms with Crippen molar-refractivity contribution in [3.63, 3.8) is 0 Å². The van der Waals surface area contributed by atoms with Gasteiger partial charge >= 0.3 is 0 Å². The van der Waals surface area contributed by atoms with E-state index in [2.05, 4.69) is 10.3 Å². The van der Waals surface area contributed by atoms with E-state index in [1.54, 1.807) is 6.20 Å². The molecule has 0 radical (unpaired) electrons. The summed E-state index contributed by atoms with van der Waals surface area (Å²) in [4.78, 5) is 17.0. The number of carbonyl (C=O) groups excluding carboxylic acids is 1. The normalized spacial score (nSPS) is 12.0. The Labute approximate surface area is 162 Å². The lowest BCUT2D eigenvalue weighted by Crippen LogP contribution is -2.23. The third-order valence-electron chi connectivity index (χ3n) is 4.01. The van der Waals surface area contributed by atoms with Crippen LogP contribution >= 0.6 is 23.4 Å². The lowest BCUT2D eigenvalue weighted by molar-refractivity contribution is -0.115. The Hall–Kier alpha value is -2.24. The largest absolute Gasteiger partial charge is 0.325 e. The van der Waals surface area contributed by atoms with Crippen molar-refractivity contribution in [2.75, 3.05) is 5.32 Å². The van der Waals surface area contributed by atoms with E-state index >= 15 is 0 Å². The molecule has 4 nitrogen and oxygen atoms in total. The van der Waals surface area contributed by atoms with Crippen molar-refractivity contribution < 1.29 is 4.79 Å². The first-order chi connectivity index (χ1) is 12.4. The van der Waals surface area contributed by atoms with E-state index in [-0.39, 0.29) is 11.2 Å². The van der Waals surface area contributed by atoms with Crippen LogP contribution in [0.15, 0.2) is 60.0 Å². The van der Waals surface area contributed by atoms with Gasteiger partial charge in [0, 0.05) is 28.8 Å². The molecule has 1 N–H and O–H groups in total. The SMILES string of the molecule is Cc1ccc(C)c(NC(=O)[C@@H](C)Sc2nccn2-c2ccc(Cl)cc2)c1. The molecule has 134 valence electrons. The fraction of sp³-hybridized carbons (Fsp3) is 0.200. The topological polar surface area (TPSA) is 46.9 Å². The van der Waals surface area contributed by atoms with Gasteiger partial charge < -0.3 is 5.32 Å². The average molecular weight is 386 g/mol. The summed E-state index contributed by atoms with van der Waals surface area (Å²) < 4.78 is 1.95. The summed E-state index contributed by atoms with van der Waals surface area (Å²) in [7, 11) is 0. The fourth-order valence-corrected chi connectivity index (χ4v) is 3.50. The van der Waals surface area contributed by atoms with E-state index in [9.17, 15) is 4.79 Å². The van der Waals surface area contributed by atoms with Crippen molar-refractivity contribution in [2.24, 2.45) is 0 Å². The number of aryl methyl sites for hydroxylation is 2. The van der Waals surface area contributed by atoms with Gasteiger partial charge in [-0.15, -0.1) is 0 Å². The van der Waals surface area contributed by atoms with Gasteiger partial charge in [0.15, 0.2) is 5.16 Å². The number of aromatic nitrogens is 2. The van der Waals surface area contributed by atoms with Crippen molar-refractivity contribution in [2.45, 2.75) is 31.2 Å². The highest BCUT2D eigenvalue weighted by atomic mass is 35.5. The Kier molecular flexibility index (Phi) is 5.69. The summed E-state index contributed by atoms with van der Waals surface area (Å²) in [5, 5.41) is 4.17. The maximum atomic E-state index is 12.6. The quantitative estimate of drug-likeness (QED) is 0.609. The number of hydrogen-bond acceptors (Lipinski definition) is 3. The van der Waals surface area contributed by atoms with Crippen LogP contribution in [0.3, 0.4) is 0 Å². The van der Waals surface area contributed by atoms with Gasteiger partial charge in [0.25, 0.3) is 0 Å². The monoisotopic (exact) mass is 385 g/mol. The van der Waals surface area contributed by atoms with Crippen LogP contribution in [0.2, 0.25) is 5.02 Å². The highest BCUT2D eigenvalue weighted by molar-refractivity contribution is 8.00. The first kappa shape index (κ1) is 18.5. The number of anilines is 1. The lowest BCUT2D eigenvalue weighted by Gasteiger charge is -2.15. The van der Waals surface area contributed by atoms with Crippen molar-refractivity contribution >= 4 is 35.0 Å². The fourth-order valence-electron chi connectivity index (χ4n) is 2.49. The molecule has 1 atom stereocenters. The Morgan fingerprint density at radius 2 is 1.92 bits per heavy atom. The minimum absolute atomic E-state index is 0.0469. The molecule has 0 bridgehead atoms. The number of benzene rings is 2. The van der Waals surface area contributed by atoms with Crippen LogP contribution in [0.4, 0.5) is 5.69 Å². The molecule has 1 aromatic heterocycles. The average Bonchev–Trinajstić information content (AvgIpc) is 3.07. The number of imidazole rings is 1. The second kappa shape index (κ2) is 7.98. The van der Waals surface area contributed by atoms with Gasteiger partial charge in [-0.1, -0.05) is 35.5 Å². The molecule has 0 unspecified atom stereocenters. The second-order valence-electron chi connectivity index (χ2n) is 6.12. The molecule has 1 heterocycles. The predicted octanol–water partition coefficient (Wildman–Crippen LogP) is 5.26. The van der Waals surface area contributed by atoms with Crippen LogP contribution in [0.1, 0.15) is 18.1 Å². The number of nitrogens with zero attached hydrogens (tertiary/aromatic N) is 2. The zero-order chi connectivity index (χ0) is 18.7. The van der Waals surface area contributed by atoms with Crippen LogP contribution < -0.4 is 5.32 Å². The van der Waals surface area contributed by atoms with Crippen molar-refractivity contribution in [3.8, 4) is 5.69 Å². The molecule has 0 saturated heterocycles. The third kappa shape index (κ3) is 4.29. The summed E-state index contributed by atoms with van der Waals surface area (Å²) in [5.74, 6) is -0.0469. The van der Waals surface area contributed by atoms with Crippen molar-refractivity contribution in [1.29, 1.82) is 0 Å². The van der Waals surface area contributed by atoms with Crippen LogP contribution in [-0.4, -0.2) is 20.7 Å². The third-order valence-corrected chi connectivity index (χ3v) is 5.35. The zero-order valence-electron chi connectivity index (χ0n) is 14.9. The number of carbonyl (C=O) groups is 1. The lowest BCUT2D eigenvalue weighted by atomic mass is 10.1. The Balaban J connectivity index is 1.73. The van der Waals surface area contributed by atoms with Crippen molar-refractivity contribution in [1.82, 2.24) is 9.55 Å². The van der Waals surface area contributed by atoms with Crippen LogP contribution in [0, 0.1) is 13.8 Å². The first-order valence-electron chi connectivity index (χ1n) is 8.28. The Morgan fingerprint density at radius 1 is 1.19 bits per heavy atom. The molecular formula is C20H20ClN3OS. The molecule has 2 aromatic carbocycles.